The monoisotopic (exact) mass is 463 g/mol. The Labute approximate surface area is 198 Å². The van der Waals surface area contributed by atoms with Crippen molar-refractivity contribution in [3.63, 3.8) is 0 Å². The lowest BCUT2D eigenvalue weighted by Gasteiger charge is -2.33. The number of hydrogen-bond acceptors (Lipinski definition) is 5. The van der Waals surface area contributed by atoms with Crippen molar-refractivity contribution in [2.75, 3.05) is 13.2 Å². The number of carbonyl (C=O) groups is 3. The summed E-state index contributed by atoms with van der Waals surface area (Å²) >= 11 is 0. The highest BCUT2D eigenvalue weighted by atomic mass is 16.5. The van der Waals surface area contributed by atoms with Crippen molar-refractivity contribution < 1.29 is 24.2 Å². The molecule has 3 amide bonds. The summed E-state index contributed by atoms with van der Waals surface area (Å²) in [6, 6.07) is 18.2. The highest BCUT2D eigenvalue weighted by Crippen LogP contribution is 2.58. The van der Waals surface area contributed by atoms with Crippen molar-refractivity contribution in [3.05, 3.63) is 71.8 Å². The Kier molecular flexibility index (Phi) is 6.10. The van der Waals surface area contributed by atoms with Crippen LogP contribution < -0.4 is 10.6 Å². The molecule has 3 heterocycles. The first-order valence-electron chi connectivity index (χ1n) is 11.8. The predicted octanol–water partition coefficient (Wildman–Crippen LogP) is 0.986. The molecular weight excluding hydrogens is 434 g/mol. The van der Waals surface area contributed by atoms with Crippen molar-refractivity contribution in [2.24, 2.45) is 11.8 Å². The number of rotatable bonds is 8. The van der Waals surface area contributed by atoms with Gasteiger partial charge in [0.15, 0.2) is 0 Å². The zero-order valence-corrected chi connectivity index (χ0v) is 18.9. The predicted molar refractivity (Wildman–Crippen MR) is 123 cm³/mol. The Morgan fingerprint density at radius 1 is 0.971 bits per heavy atom. The van der Waals surface area contributed by atoms with Crippen LogP contribution in [-0.2, 0) is 32.2 Å². The Bertz CT molecular complexity index is 1060. The number of fused-ring (bicyclic) bond motifs is 1. The van der Waals surface area contributed by atoms with Crippen molar-refractivity contribution in [2.45, 2.75) is 43.7 Å². The number of aliphatic hydroxyl groups excluding tert-OH is 1. The quantitative estimate of drug-likeness (QED) is 0.541. The fraction of sp³-hybridized carbons (Fsp3) is 0.423. The van der Waals surface area contributed by atoms with Crippen LogP contribution in [0.25, 0.3) is 0 Å². The summed E-state index contributed by atoms with van der Waals surface area (Å²) in [6.07, 6.45) is 0.746. The van der Waals surface area contributed by atoms with E-state index < -0.39 is 29.6 Å². The SMILES string of the molecule is O=C(NCc1ccccc1)C1N(CCO)C(=O)[C@@H]2[C@H](C(=O)NCc3ccccc3)[C@@H]3CCC12O3. The molecule has 8 nitrogen and oxygen atoms in total. The topological polar surface area (TPSA) is 108 Å². The van der Waals surface area contributed by atoms with E-state index in [1.54, 1.807) is 0 Å². The number of hydrogen-bond donors (Lipinski definition) is 3. The Hall–Kier alpha value is -3.23. The first kappa shape index (κ1) is 22.6. The molecule has 34 heavy (non-hydrogen) atoms. The van der Waals surface area contributed by atoms with Gasteiger partial charge in [-0.3, -0.25) is 14.4 Å². The van der Waals surface area contributed by atoms with E-state index in [0.717, 1.165) is 11.1 Å². The highest BCUT2D eigenvalue weighted by molar-refractivity contribution is 5.98. The van der Waals surface area contributed by atoms with E-state index in [1.807, 2.05) is 60.7 Å². The number of nitrogens with one attached hydrogen (secondary N) is 2. The van der Waals surface area contributed by atoms with Crippen molar-refractivity contribution in [1.29, 1.82) is 0 Å². The number of β-amino-alcohol motifs (C(OH)–C–C–N with tert-alkyl or cyclic N) is 1. The molecule has 0 radical (unpaired) electrons. The molecular formula is C26H29N3O5. The highest BCUT2D eigenvalue weighted by Gasteiger charge is 2.74. The van der Waals surface area contributed by atoms with Gasteiger partial charge in [0.2, 0.25) is 17.7 Å². The second kappa shape index (κ2) is 9.19. The van der Waals surface area contributed by atoms with E-state index in [0.29, 0.717) is 25.9 Å². The largest absolute Gasteiger partial charge is 0.395 e. The average molecular weight is 464 g/mol. The molecule has 0 aliphatic carbocycles. The summed E-state index contributed by atoms with van der Waals surface area (Å²) in [4.78, 5) is 41.5. The summed E-state index contributed by atoms with van der Waals surface area (Å²) in [5, 5.41) is 15.5. The van der Waals surface area contributed by atoms with Gasteiger partial charge in [-0.1, -0.05) is 60.7 Å². The minimum Gasteiger partial charge on any atom is -0.395 e. The lowest BCUT2D eigenvalue weighted by Crippen LogP contribution is -2.55. The van der Waals surface area contributed by atoms with Crippen LogP contribution in [0.15, 0.2) is 60.7 Å². The summed E-state index contributed by atoms with van der Waals surface area (Å²) < 4.78 is 6.34. The smallest absolute Gasteiger partial charge is 0.246 e. The maximum Gasteiger partial charge on any atom is 0.246 e. The van der Waals surface area contributed by atoms with Gasteiger partial charge in [0, 0.05) is 19.6 Å². The van der Waals surface area contributed by atoms with Gasteiger partial charge in [-0.05, 0) is 24.0 Å². The maximum atomic E-state index is 13.5. The number of aliphatic hydroxyl groups is 1. The molecule has 3 aliphatic heterocycles. The zero-order valence-electron chi connectivity index (χ0n) is 18.9. The molecule has 178 valence electrons. The van der Waals surface area contributed by atoms with Gasteiger partial charge < -0.3 is 25.4 Å². The molecule has 0 aromatic heterocycles. The molecule has 3 saturated heterocycles. The van der Waals surface area contributed by atoms with Gasteiger partial charge in [-0.15, -0.1) is 0 Å². The maximum absolute atomic E-state index is 13.5. The van der Waals surface area contributed by atoms with Crippen LogP contribution in [0.5, 0.6) is 0 Å². The first-order chi connectivity index (χ1) is 16.5. The van der Waals surface area contributed by atoms with E-state index in [2.05, 4.69) is 10.6 Å². The Balaban J connectivity index is 1.36. The first-order valence-corrected chi connectivity index (χ1v) is 11.8. The van der Waals surface area contributed by atoms with Gasteiger partial charge in [0.05, 0.1) is 24.5 Å². The molecule has 1 spiro atoms. The van der Waals surface area contributed by atoms with Crippen LogP contribution in [0.2, 0.25) is 0 Å². The molecule has 5 atom stereocenters. The molecule has 3 N–H and O–H groups in total. The average Bonchev–Trinajstić information content (AvgIpc) is 3.50. The number of carbonyl (C=O) groups excluding carboxylic acids is 3. The standard InChI is InChI=1S/C26H29N3O5/c30-14-13-29-22(24(32)28-16-18-9-5-2-6-10-18)26-12-11-19(34-26)20(21(26)25(29)33)23(31)27-15-17-7-3-1-4-8-17/h1-10,19-22,30H,11-16H2,(H,27,31)(H,28,32)/t19-,20+,21-,22?,26?/m0/s1. The molecule has 2 unspecified atom stereocenters. The number of likely N-dealkylation sites (tertiary alicyclic amines) is 1. The lowest BCUT2D eigenvalue weighted by molar-refractivity contribution is -0.142. The van der Waals surface area contributed by atoms with Gasteiger partial charge in [0.25, 0.3) is 0 Å². The second-order valence-electron chi connectivity index (χ2n) is 9.22. The molecule has 3 fully saturated rings. The van der Waals surface area contributed by atoms with Crippen LogP contribution in [0.3, 0.4) is 0 Å². The summed E-state index contributed by atoms with van der Waals surface area (Å²) in [5.74, 6) is -2.24. The van der Waals surface area contributed by atoms with Crippen LogP contribution in [0, 0.1) is 11.8 Å². The molecule has 5 rings (SSSR count). The Morgan fingerprint density at radius 2 is 1.56 bits per heavy atom. The second-order valence-corrected chi connectivity index (χ2v) is 9.22. The number of ether oxygens (including phenoxy) is 1. The zero-order chi connectivity index (χ0) is 23.7. The third-order valence-corrected chi connectivity index (χ3v) is 7.31. The number of amides is 3. The van der Waals surface area contributed by atoms with Gasteiger partial charge in [-0.2, -0.15) is 0 Å². The van der Waals surface area contributed by atoms with E-state index in [9.17, 15) is 19.5 Å². The molecule has 8 heteroatoms. The minimum atomic E-state index is -1.05. The van der Waals surface area contributed by atoms with Gasteiger partial charge >= 0.3 is 0 Å². The van der Waals surface area contributed by atoms with E-state index in [4.69, 9.17) is 4.74 Å². The van der Waals surface area contributed by atoms with Crippen LogP contribution >= 0.6 is 0 Å². The van der Waals surface area contributed by atoms with E-state index >= 15 is 0 Å². The molecule has 2 bridgehead atoms. The normalized spacial score (nSPS) is 29.2. The molecule has 3 aliphatic rings. The number of nitrogens with zero attached hydrogens (tertiary/aromatic N) is 1. The molecule has 0 saturated carbocycles. The Morgan fingerprint density at radius 3 is 2.15 bits per heavy atom. The van der Waals surface area contributed by atoms with Gasteiger partial charge in [-0.25, -0.2) is 0 Å². The lowest BCUT2D eigenvalue weighted by atomic mass is 9.70. The summed E-state index contributed by atoms with van der Waals surface area (Å²) in [7, 11) is 0. The van der Waals surface area contributed by atoms with E-state index in [-0.39, 0.29) is 30.9 Å². The fourth-order valence-corrected chi connectivity index (χ4v) is 5.89. The van der Waals surface area contributed by atoms with Crippen molar-refractivity contribution >= 4 is 17.7 Å². The fourth-order valence-electron chi connectivity index (χ4n) is 5.89. The summed E-state index contributed by atoms with van der Waals surface area (Å²) in [6.45, 7) is 0.429. The van der Waals surface area contributed by atoms with Crippen molar-refractivity contribution in [1.82, 2.24) is 15.5 Å². The van der Waals surface area contributed by atoms with Crippen molar-refractivity contribution in [3.8, 4) is 0 Å². The van der Waals surface area contributed by atoms with E-state index in [1.165, 1.54) is 4.90 Å². The number of benzene rings is 2. The van der Waals surface area contributed by atoms with Gasteiger partial charge in [0.1, 0.15) is 11.6 Å². The molecule has 2 aromatic carbocycles. The third kappa shape index (κ3) is 3.76. The van der Waals surface area contributed by atoms with Crippen LogP contribution in [0.1, 0.15) is 24.0 Å². The van der Waals surface area contributed by atoms with Crippen LogP contribution in [0.4, 0.5) is 0 Å². The third-order valence-electron chi connectivity index (χ3n) is 7.31. The minimum absolute atomic E-state index is 0.0207. The van der Waals surface area contributed by atoms with Crippen LogP contribution in [-0.4, -0.2) is 58.6 Å². The summed E-state index contributed by atoms with van der Waals surface area (Å²) in [5.41, 5.74) is 0.858. The molecule has 2 aromatic rings.